The average molecular weight is 855 g/mol. The number of aryl methyl sites for hydroxylation is 1. The Morgan fingerprint density at radius 2 is 1.47 bits per heavy atom. The number of ether oxygens (including phenoxy) is 5. The number of hydrogen-bond donors (Lipinski definition) is 0. The third-order valence-corrected chi connectivity index (χ3v) is 15.0. The van der Waals surface area contributed by atoms with E-state index in [1.165, 1.54) is 6.07 Å². The van der Waals surface area contributed by atoms with Crippen molar-refractivity contribution in [1.82, 2.24) is 29.2 Å². The number of rotatable bonds is 19. The second-order valence-corrected chi connectivity index (χ2v) is 36.9. The third-order valence-electron chi connectivity index (χ3n) is 9.85. The van der Waals surface area contributed by atoms with Gasteiger partial charge in [0.05, 0.1) is 24.5 Å². The van der Waals surface area contributed by atoms with Gasteiger partial charge < -0.3 is 28.3 Å². The van der Waals surface area contributed by atoms with Crippen LogP contribution in [-0.2, 0) is 51.9 Å². The van der Waals surface area contributed by atoms with Gasteiger partial charge in [0, 0.05) is 55.8 Å². The van der Waals surface area contributed by atoms with Crippen LogP contribution in [0.3, 0.4) is 0 Å². The minimum absolute atomic E-state index is 0.000772. The van der Waals surface area contributed by atoms with E-state index in [0.717, 1.165) is 46.2 Å². The van der Waals surface area contributed by atoms with Crippen LogP contribution in [0, 0.1) is 5.82 Å². The lowest BCUT2D eigenvalue weighted by atomic mass is 9.98. The quantitative estimate of drug-likeness (QED) is 0.0516. The Morgan fingerprint density at radius 1 is 0.845 bits per heavy atom. The standard InChI is InChI=1S/C42H67FN6O6Si3/c1-14-30-22-37(54-29-53-17-20-58(11,12)13)33(43)23-32(30)31-21-34-38(44-24-31)39(49(46-34)28-52-16-19-57(8,9)10)40-45-35-25-47(41(50)55-42(2,3)4)26-36(35)48(40)27-51-15-18-56(5,6)7/h21-24H,14-20,25-29H2,1-13H3. The third kappa shape index (κ3) is 12.5. The largest absolute Gasteiger partial charge is 0.464 e. The fraction of sp³-hybridized carbons (Fsp3) is 0.619. The molecule has 4 aromatic rings. The number of imidazole rings is 1. The first-order chi connectivity index (χ1) is 27.0. The topological polar surface area (TPSA) is 115 Å². The van der Waals surface area contributed by atoms with Crippen molar-refractivity contribution in [3.63, 3.8) is 0 Å². The van der Waals surface area contributed by atoms with Crippen LogP contribution >= 0.6 is 0 Å². The number of benzene rings is 1. The Morgan fingerprint density at radius 3 is 2.07 bits per heavy atom. The minimum atomic E-state index is -1.35. The van der Waals surface area contributed by atoms with Crippen molar-refractivity contribution in [1.29, 1.82) is 0 Å². The summed E-state index contributed by atoms with van der Waals surface area (Å²) in [6.45, 7) is 31.4. The van der Waals surface area contributed by atoms with Crippen molar-refractivity contribution in [2.24, 2.45) is 0 Å². The first-order valence-electron chi connectivity index (χ1n) is 20.6. The fourth-order valence-electron chi connectivity index (χ4n) is 6.38. The summed E-state index contributed by atoms with van der Waals surface area (Å²) in [6.07, 6.45) is 2.05. The molecule has 0 unspecified atom stereocenters. The number of carbonyl (C=O) groups excluding carboxylic acids is 1. The Kier molecular flexibility index (Phi) is 14.5. The van der Waals surface area contributed by atoms with Crippen LogP contribution in [0.4, 0.5) is 9.18 Å². The van der Waals surface area contributed by atoms with E-state index in [1.807, 2.05) is 43.0 Å². The molecule has 0 radical (unpaired) electrons. The molecule has 1 amide bonds. The van der Waals surface area contributed by atoms with Crippen LogP contribution in [0.15, 0.2) is 24.4 Å². The van der Waals surface area contributed by atoms with E-state index >= 15 is 4.39 Å². The summed E-state index contributed by atoms with van der Waals surface area (Å²) in [6, 6.07) is 8.26. The molecule has 12 nitrogen and oxygen atoms in total. The summed E-state index contributed by atoms with van der Waals surface area (Å²) in [5.41, 5.74) is 5.40. The summed E-state index contributed by atoms with van der Waals surface area (Å²) in [7, 11) is -3.93. The van der Waals surface area contributed by atoms with Crippen LogP contribution in [0.1, 0.15) is 44.6 Å². The number of pyridine rings is 1. The number of hydrogen-bond acceptors (Lipinski definition) is 9. The lowest BCUT2D eigenvalue weighted by molar-refractivity contribution is 0.0197. The van der Waals surface area contributed by atoms with Gasteiger partial charge in [-0.3, -0.25) is 9.88 Å². The zero-order valence-corrected chi connectivity index (χ0v) is 40.3. The van der Waals surface area contributed by atoms with Gasteiger partial charge in [-0.15, -0.1) is 0 Å². The van der Waals surface area contributed by atoms with Crippen molar-refractivity contribution < 1.29 is 32.9 Å². The minimum Gasteiger partial charge on any atom is -0.464 e. The maximum atomic E-state index is 15.6. The van der Waals surface area contributed by atoms with Gasteiger partial charge in [0.2, 0.25) is 0 Å². The molecule has 1 aromatic carbocycles. The zero-order chi connectivity index (χ0) is 42.6. The van der Waals surface area contributed by atoms with Crippen LogP contribution in [0.2, 0.25) is 77.1 Å². The highest BCUT2D eigenvalue weighted by Crippen LogP contribution is 2.36. The SMILES string of the molecule is CCc1cc(OCOCC[Si](C)(C)C)c(F)cc1-c1cnc2c(-c3nc4c(n3COCC[Si](C)(C)C)CN(C(=O)OC(C)(C)C)C4)n(COCC[Si](C)(C)C)nc2c1. The smallest absolute Gasteiger partial charge is 0.410 e. The van der Waals surface area contributed by atoms with Crippen LogP contribution in [0.5, 0.6) is 5.75 Å². The summed E-state index contributed by atoms with van der Waals surface area (Å²) in [5.74, 6) is 0.350. The molecule has 0 fully saturated rings. The first kappa shape index (κ1) is 45.7. The predicted molar refractivity (Wildman–Crippen MR) is 237 cm³/mol. The predicted octanol–water partition coefficient (Wildman–Crippen LogP) is 10.2. The molecule has 1 aliphatic rings. The highest BCUT2D eigenvalue weighted by atomic mass is 28.3. The van der Waals surface area contributed by atoms with Gasteiger partial charge in [-0.05, 0) is 74.7 Å². The van der Waals surface area contributed by atoms with Gasteiger partial charge >= 0.3 is 6.09 Å². The summed E-state index contributed by atoms with van der Waals surface area (Å²) >= 11 is 0. The van der Waals surface area contributed by atoms with Crippen molar-refractivity contribution >= 4 is 41.3 Å². The number of halogens is 1. The van der Waals surface area contributed by atoms with E-state index in [0.29, 0.717) is 61.9 Å². The number of aromatic nitrogens is 5. The van der Waals surface area contributed by atoms with Crippen molar-refractivity contribution in [3.05, 3.63) is 47.2 Å². The Bertz CT molecular complexity index is 2040. The lowest BCUT2D eigenvalue weighted by Gasteiger charge is -2.24. The van der Waals surface area contributed by atoms with Gasteiger partial charge in [-0.25, -0.2) is 18.9 Å². The molecule has 16 heteroatoms. The van der Waals surface area contributed by atoms with Gasteiger partial charge in [0.15, 0.2) is 24.2 Å². The van der Waals surface area contributed by atoms with E-state index in [-0.39, 0.29) is 32.1 Å². The van der Waals surface area contributed by atoms with Crippen molar-refractivity contribution in [3.8, 4) is 28.4 Å². The molecule has 0 saturated heterocycles. The van der Waals surface area contributed by atoms with Gasteiger partial charge in [0.1, 0.15) is 35.8 Å². The first-order valence-corrected chi connectivity index (χ1v) is 31.8. The molecule has 3 aromatic heterocycles. The van der Waals surface area contributed by atoms with E-state index in [4.69, 9.17) is 38.8 Å². The average Bonchev–Trinajstić information content (AvgIpc) is 3.77. The van der Waals surface area contributed by atoms with E-state index in [1.54, 1.807) is 17.2 Å². The van der Waals surface area contributed by atoms with Crippen LogP contribution in [0.25, 0.3) is 33.7 Å². The number of nitrogens with zero attached hydrogens (tertiary/aromatic N) is 6. The molecule has 0 saturated carbocycles. The number of fused-ring (bicyclic) bond motifs is 2. The van der Waals surface area contributed by atoms with Crippen LogP contribution < -0.4 is 4.74 Å². The summed E-state index contributed by atoms with van der Waals surface area (Å²) in [4.78, 5) is 25.0. The van der Waals surface area contributed by atoms with Crippen molar-refractivity contribution in [2.45, 2.75) is 143 Å². The Labute approximate surface area is 347 Å². The molecular formula is C42H67FN6O6Si3. The molecule has 0 atom stereocenters. The monoisotopic (exact) mass is 854 g/mol. The van der Waals surface area contributed by atoms with E-state index in [9.17, 15) is 4.79 Å². The molecule has 1 aliphatic heterocycles. The Hall–Kier alpha value is -3.42. The maximum Gasteiger partial charge on any atom is 0.410 e. The second-order valence-electron chi connectivity index (χ2n) is 20.0. The lowest BCUT2D eigenvalue weighted by Crippen LogP contribution is -2.34. The highest BCUT2D eigenvalue weighted by Gasteiger charge is 2.34. The van der Waals surface area contributed by atoms with Gasteiger partial charge in [-0.2, -0.15) is 5.10 Å². The number of amides is 1. The summed E-state index contributed by atoms with van der Waals surface area (Å²) < 4.78 is 49.3. The second kappa shape index (κ2) is 18.5. The fourth-order valence-corrected chi connectivity index (χ4v) is 8.65. The molecule has 58 heavy (non-hydrogen) atoms. The summed E-state index contributed by atoms with van der Waals surface area (Å²) in [5, 5.41) is 5.05. The van der Waals surface area contributed by atoms with E-state index in [2.05, 4.69) is 58.9 Å². The maximum absolute atomic E-state index is 15.6. The molecule has 320 valence electrons. The molecule has 0 bridgehead atoms. The molecule has 0 spiro atoms. The molecular weight excluding hydrogens is 788 g/mol. The van der Waals surface area contributed by atoms with Crippen LogP contribution in [-0.4, -0.2) is 91.7 Å². The molecule has 0 N–H and O–H groups in total. The molecule has 5 rings (SSSR count). The normalized spacial score (nSPS) is 13.8. The van der Waals surface area contributed by atoms with E-state index < -0.39 is 35.6 Å². The molecule has 4 heterocycles. The molecule has 0 aliphatic carbocycles. The van der Waals surface area contributed by atoms with Gasteiger partial charge in [0.25, 0.3) is 0 Å². The zero-order valence-electron chi connectivity index (χ0n) is 37.3. The highest BCUT2D eigenvalue weighted by molar-refractivity contribution is 6.76. The van der Waals surface area contributed by atoms with Crippen molar-refractivity contribution in [2.75, 3.05) is 26.6 Å². The number of carbonyl (C=O) groups is 1. The Balaban J connectivity index is 1.52. The van der Waals surface area contributed by atoms with Gasteiger partial charge in [-0.1, -0.05) is 65.8 Å².